The molecule has 7 heteroatoms. The number of rotatable bonds is 4. The van der Waals surface area contributed by atoms with Crippen LogP contribution >= 0.6 is 11.8 Å². The fourth-order valence-corrected chi connectivity index (χ4v) is 2.92. The summed E-state index contributed by atoms with van der Waals surface area (Å²) in [6.07, 6.45) is 2.23. The highest BCUT2D eigenvalue weighted by Gasteiger charge is 2.28. The predicted molar refractivity (Wildman–Crippen MR) is 69.2 cm³/mol. The van der Waals surface area contributed by atoms with Crippen molar-refractivity contribution in [2.24, 2.45) is 5.73 Å². The Labute approximate surface area is 114 Å². The summed E-state index contributed by atoms with van der Waals surface area (Å²) in [6.45, 7) is 1.84. The second-order valence-corrected chi connectivity index (χ2v) is 5.72. The van der Waals surface area contributed by atoms with Crippen LogP contribution in [0.25, 0.3) is 0 Å². The van der Waals surface area contributed by atoms with Gasteiger partial charge in [-0.15, -0.1) is 5.10 Å². The minimum Gasteiger partial charge on any atom is -0.324 e. The first-order chi connectivity index (χ1) is 9.15. The first-order valence-electron chi connectivity index (χ1n) is 6.16. The van der Waals surface area contributed by atoms with Crippen LogP contribution in [0.15, 0.2) is 28.3 Å². The van der Waals surface area contributed by atoms with Crippen LogP contribution in [0, 0.1) is 5.82 Å². The molecule has 0 unspecified atom stereocenters. The lowest BCUT2D eigenvalue weighted by Gasteiger charge is -2.12. The zero-order valence-electron chi connectivity index (χ0n) is 10.5. The fourth-order valence-electron chi connectivity index (χ4n) is 1.87. The molecule has 19 heavy (non-hydrogen) atoms. The van der Waals surface area contributed by atoms with E-state index in [9.17, 15) is 4.39 Å². The second-order valence-electron chi connectivity index (χ2n) is 4.71. The van der Waals surface area contributed by atoms with E-state index in [4.69, 9.17) is 5.73 Å². The van der Waals surface area contributed by atoms with Gasteiger partial charge in [-0.25, -0.2) is 9.07 Å². The van der Waals surface area contributed by atoms with Crippen molar-refractivity contribution in [1.29, 1.82) is 0 Å². The minimum absolute atomic E-state index is 0.233. The molecule has 1 saturated carbocycles. The second kappa shape index (κ2) is 4.90. The fraction of sp³-hybridized carbons (Fsp3) is 0.417. The molecule has 0 aliphatic heterocycles. The molecule has 3 rings (SSSR count). The summed E-state index contributed by atoms with van der Waals surface area (Å²) < 4.78 is 15.1. The maximum absolute atomic E-state index is 13.3. The van der Waals surface area contributed by atoms with E-state index in [0.717, 1.165) is 28.5 Å². The van der Waals surface area contributed by atoms with E-state index in [2.05, 4.69) is 15.5 Å². The molecule has 2 aromatic rings. The summed E-state index contributed by atoms with van der Waals surface area (Å²) in [7, 11) is 0. The molecule has 0 radical (unpaired) electrons. The molecule has 0 bridgehead atoms. The molecule has 0 amide bonds. The topological polar surface area (TPSA) is 69.6 Å². The lowest BCUT2D eigenvalue weighted by Crippen LogP contribution is -2.07. The first-order valence-corrected chi connectivity index (χ1v) is 6.97. The summed E-state index contributed by atoms with van der Waals surface area (Å²) >= 11 is 1.43. The number of benzene rings is 1. The third-order valence-corrected chi connectivity index (χ3v) is 4.06. The Morgan fingerprint density at radius 1 is 1.47 bits per heavy atom. The van der Waals surface area contributed by atoms with Crippen molar-refractivity contribution in [1.82, 2.24) is 20.2 Å². The zero-order chi connectivity index (χ0) is 13.4. The van der Waals surface area contributed by atoms with Gasteiger partial charge in [-0.1, -0.05) is 0 Å². The van der Waals surface area contributed by atoms with E-state index < -0.39 is 0 Å². The van der Waals surface area contributed by atoms with E-state index in [-0.39, 0.29) is 11.9 Å². The van der Waals surface area contributed by atoms with Gasteiger partial charge in [-0.3, -0.25) is 0 Å². The Bertz CT molecular complexity index is 594. The number of halogens is 1. The normalized spacial score (nSPS) is 16.6. The van der Waals surface area contributed by atoms with Crippen LogP contribution in [0.4, 0.5) is 4.39 Å². The van der Waals surface area contributed by atoms with Crippen molar-refractivity contribution in [3.63, 3.8) is 0 Å². The van der Waals surface area contributed by atoms with E-state index in [1.54, 1.807) is 6.07 Å². The molecule has 1 aromatic carbocycles. The van der Waals surface area contributed by atoms with E-state index in [0.29, 0.717) is 6.04 Å². The lowest BCUT2D eigenvalue weighted by atomic mass is 10.1. The SMILES string of the molecule is C[C@@H](N)c1cc(F)ccc1Sc1nnnn1C1CC1. The van der Waals surface area contributed by atoms with Crippen molar-refractivity contribution in [3.8, 4) is 0 Å². The van der Waals surface area contributed by atoms with Gasteiger partial charge in [-0.2, -0.15) is 0 Å². The Kier molecular flexibility index (Phi) is 3.24. The summed E-state index contributed by atoms with van der Waals surface area (Å²) in [4.78, 5) is 0.896. The van der Waals surface area contributed by atoms with Crippen LogP contribution in [-0.2, 0) is 0 Å². The molecule has 1 aliphatic rings. The smallest absolute Gasteiger partial charge is 0.214 e. The van der Waals surface area contributed by atoms with E-state index >= 15 is 0 Å². The Morgan fingerprint density at radius 3 is 2.95 bits per heavy atom. The molecular formula is C12H14FN5S. The largest absolute Gasteiger partial charge is 0.324 e. The van der Waals surface area contributed by atoms with Crippen molar-refractivity contribution < 1.29 is 4.39 Å². The molecule has 1 aliphatic carbocycles. The molecule has 5 nitrogen and oxygen atoms in total. The van der Waals surface area contributed by atoms with Crippen molar-refractivity contribution in [2.45, 2.75) is 41.9 Å². The van der Waals surface area contributed by atoms with Gasteiger partial charge in [0.1, 0.15) is 5.82 Å². The average molecular weight is 279 g/mol. The number of hydrogen-bond acceptors (Lipinski definition) is 5. The van der Waals surface area contributed by atoms with Crippen LogP contribution in [0.2, 0.25) is 0 Å². The summed E-state index contributed by atoms with van der Waals surface area (Å²) in [6, 6.07) is 4.81. The van der Waals surface area contributed by atoms with Crippen molar-refractivity contribution in [3.05, 3.63) is 29.6 Å². The predicted octanol–water partition coefficient (Wildman–Crippen LogP) is 2.32. The van der Waals surface area contributed by atoms with Gasteiger partial charge >= 0.3 is 0 Å². The van der Waals surface area contributed by atoms with Gasteiger partial charge in [-0.05, 0) is 65.7 Å². The maximum atomic E-state index is 13.3. The quantitative estimate of drug-likeness (QED) is 0.930. The first kappa shape index (κ1) is 12.6. The average Bonchev–Trinajstić information content (AvgIpc) is 3.12. The third kappa shape index (κ3) is 2.62. The van der Waals surface area contributed by atoms with Gasteiger partial charge in [0, 0.05) is 10.9 Å². The van der Waals surface area contributed by atoms with E-state index in [1.165, 1.54) is 23.9 Å². The van der Waals surface area contributed by atoms with Gasteiger partial charge in [0.05, 0.1) is 6.04 Å². The highest BCUT2D eigenvalue weighted by atomic mass is 32.2. The van der Waals surface area contributed by atoms with E-state index in [1.807, 2.05) is 11.6 Å². The van der Waals surface area contributed by atoms with Gasteiger partial charge < -0.3 is 5.73 Å². The monoisotopic (exact) mass is 279 g/mol. The van der Waals surface area contributed by atoms with Gasteiger partial charge in [0.25, 0.3) is 0 Å². The highest BCUT2D eigenvalue weighted by molar-refractivity contribution is 7.99. The molecule has 0 saturated heterocycles. The highest BCUT2D eigenvalue weighted by Crippen LogP contribution is 2.39. The maximum Gasteiger partial charge on any atom is 0.214 e. The van der Waals surface area contributed by atoms with Crippen LogP contribution < -0.4 is 5.73 Å². The molecule has 1 aromatic heterocycles. The summed E-state index contributed by atoms with van der Waals surface area (Å²) in [5.41, 5.74) is 6.66. The van der Waals surface area contributed by atoms with Crippen molar-refractivity contribution in [2.75, 3.05) is 0 Å². The summed E-state index contributed by atoms with van der Waals surface area (Å²) in [5.74, 6) is -0.279. The Hall–Kier alpha value is -1.47. The van der Waals surface area contributed by atoms with Crippen LogP contribution in [0.5, 0.6) is 0 Å². The number of tetrazole rings is 1. The zero-order valence-corrected chi connectivity index (χ0v) is 11.3. The minimum atomic E-state index is -0.279. The molecule has 100 valence electrons. The van der Waals surface area contributed by atoms with Crippen LogP contribution in [0.3, 0.4) is 0 Å². The number of nitrogens with zero attached hydrogens (tertiary/aromatic N) is 4. The molecule has 2 N–H and O–H groups in total. The molecule has 0 spiro atoms. The number of hydrogen-bond donors (Lipinski definition) is 1. The Morgan fingerprint density at radius 2 is 2.26 bits per heavy atom. The third-order valence-electron chi connectivity index (χ3n) is 3.02. The van der Waals surface area contributed by atoms with Crippen molar-refractivity contribution >= 4 is 11.8 Å². The summed E-state index contributed by atoms with van der Waals surface area (Å²) in [5, 5.41) is 12.5. The number of nitrogens with two attached hydrogens (primary N) is 1. The number of aromatic nitrogens is 4. The van der Waals surface area contributed by atoms with Gasteiger partial charge in [0.2, 0.25) is 5.16 Å². The Balaban J connectivity index is 1.92. The molecule has 1 atom stereocenters. The molecule has 1 heterocycles. The lowest BCUT2D eigenvalue weighted by molar-refractivity contribution is 0.565. The van der Waals surface area contributed by atoms with Crippen LogP contribution in [-0.4, -0.2) is 20.2 Å². The van der Waals surface area contributed by atoms with Gasteiger partial charge in [0.15, 0.2) is 0 Å². The molecule has 1 fully saturated rings. The molecular weight excluding hydrogens is 265 g/mol. The van der Waals surface area contributed by atoms with Crippen LogP contribution in [0.1, 0.15) is 37.4 Å². The standard InChI is InChI=1S/C12H14FN5S/c1-7(14)10-6-8(13)2-5-11(10)19-12-15-16-17-18(12)9-3-4-9/h2,5-7,9H,3-4,14H2,1H3/t7-/m1/s1.